The average molecular weight is 551 g/mol. The zero-order chi connectivity index (χ0) is 27.7. The van der Waals surface area contributed by atoms with Crippen LogP contribution in [0.3, 0.4) is 0 Å². The standard InChI is InChI=1S/C24H21F3N4O6S/c1-3-36-18-9-14(12-28-31-23-30-22(34)19(38-23)11-21(33)35-2)7-8-17(18)37-13-20(32)29-16-6-4-5-15(10-16)24(25,26)27/h4-12H,3,13H2,1-2H3,(H,29,32)(H,30,31,34)/b19-11+,28-12?. The van der Waals surface area contributed by atoms with Crippen LogP contribution in [-0.2, 0) is 25.3 Å². The van der Waals surface area contributed by atoms with Crippen molar-refractivity contribution in [2.75, 3.05) is 25.6 Å². The number of halogens is 3. The maximum absolute atomic E-state index is 12.9. The fraction of sp³-hybridized carbons (Fsp3) is 0.208. The van der Waals surface area contributed by atoms with E-state index in [4.69, 9.17) is 9.47 Å². The molecule has 0 atom stereocenters. The molecule has 3 rings (SSSR count). The summed E-state index contributed by atoms with van der Waals surface area (Å²) in [5, 5.41) is 12.8. The first-order chi connectivity index (χ1) is 18.1. The Labute approximate surface area is 218 Å². The molecular formula is C24H21F3N4O6S. The predicted octanol–water partition coefficient (Wildman–Crippen LogP) is 3.73. The monoisotopic (exact) mass is 550 g/mol. The Morgan fingerprint density at radius 2 is 1.92 bits per heavy atom. The largest absolute Gasteiger partial charge is 0.490 e. The number of esters is 1. The molecule has 200 valence electrons. The van der Waals surface area contributed by atoms with Gasteiger partial charge < -0.3 is 19.5 Å². The lowest BCUT2D eigenvalue weighted by Gasteiger charge is -2.13. The van der Waals surface area contributed by atoms with Gasteiger partial charge in [-0.25, -0.2) is 4.79 Å². The highest BCUT2D eigenvalue weighted by Crippen LogP contribution is 2.31. The van der Waals surface area contributed by atoms with Gasteiger partial charge in [0.1, 0.15) is 0 Å². The Bertz CT molecular complexity index is 1310. The number of alkyl halides is 3. The predicted molar refractivity (Wildman–Crippen MR) is 134 cm³/mol. The number of amides is 2. The third-order valence-electron chi connectivity index (χ3n) is 4.56. The summed E-state index contributed by atoms with van der Waals surface area (Å²) in [6, 6.07) is 8.97. The number of benzene rings is 2. The van der Waals surface area contributed by atoms with Gasteiger partial charge in [0.15, 0.2) is 23.3 Å². The van der Waals surface area contributed by atoms with Gasteiger partial charge in [0.2, 0.25) is 0 Å². The molecule has 1 aliphatic rings. The number of thioether (sulfide) groups is 1. The molecule has 0 bridgehead atoms. The number of ether oxygens (including phenoxy) is 3. The van der Waals surface area contributed by atoms with Gasteiger partial charge in [-0.05, 0) is 60.6 Å². The third-order valence-corrected chi connectivity index (χ3v) is 5.46. The third kappa shape index (κ3) is 8.09. The number of nitrogens with one attached hydrogen (secondary N) is 2. The first-order valence-corrected chi connectivity index (χ1v) is 11.7. The van der Waals surface area contributed by atoms with Crippen molar-refractivity contribution in [2.24, 2.45) is 10.2 Å². The summed E-state index contributed by atoms with van der Waals surface area (Å²) in [5.41, 5.74) is -0.349. The van der Waals surface area contributed by atoms with Gasteiger partial charge in [-0.2, -0.15) is 18.3 Å². The number of hydrogen-bond donors (Lipinski definition) is 2. The molecule has 0 aliphatic carbocycles. The van der Waals surface area contributed by atoms with Gasteiger partial charge in [0.05, 0.1) is 30.4 Å². The van der Waals surface area contributed by atoms with Gasteiger partial charge in [-0.3, -0.25) is 14.9 Å². The van der Waals surface area contributed by atoms with Gasteiger partial charge in [-0.1, -0.05) is 6.07 Å². The Balaban J connectivity index is 1.62. The van der Waals surface area contributed by atoms with Crippen LogP contribution in [0.15, 0.2) is 63.6 Å². The van der Waals surface area contributed by atoms with Crippen molar-refractivity contribution in [3.8, 4) is 11.5 Å². The minimum absolute atomic E-state index is 0.0174. The lowest BCUT2D eigenvalue weighted by atomic mass is 10.2. The summed E-state index contributed by atoms with van der Waals surface area (Å²) >= 11 is 0.921. The van der Waals surface area contributed by atoms with Crippen LogP contribution in [0.25, 0.3) is 0 Å². The first-order valence-electron chi connectivity index (χ1n) is 10.9. The molecule has 14 heteroatoms. The normalized spacial score (nSPS) is 15.6. The van der Waals surface area contributed by atoms with E-state index >= 15 is 0 Å². The summed E-state index contributed by atoms with van der Waals surface area (Å²) in [6.07, 6.45) is -2.11. The van der Waals surface area contributed by atoms with Gasteiger partial charge in [0.25, 0.3) is 11.8 Å². The Morgan fingerprint density at radius 3 is 2.63 bits per heavy atom. The lowest BCUT2D eigenvalue weighted by Crippen LogP contribution is -2.20. The molecule has 0 aromatic heterocycles. The summed E-state index contributed by atoms with van der Waals surface area (Å²) in [4.78, 5) is 35.5. The molecule has 0 radical (unpaired) electrons. The smallest absolute Gasteiger partial charge is 0.416 e. The second-order valence-corrected chi connectivity index (χ2v) is 8.32. The molecule has 1 fully saturated rings. The van der Waals surface area contributed by atoms with Gasteiger partial charge in [0, 0.05) is 11.8 Å². The Kier molecular flexibility index (Phi) is 9.49. The number of amidine groups is 1. The molecule has 2 amide bonds. The molecule has 2 aromatic rings. The Hall–Kier alpha value is -4.33. The maximum Gasteiger partial charge on any atom is 0.416 e. The molecule has 1 aliphatic heterocycles. The van der Waals surface area contributed by atoms with Crippen LogP contribution >= 0.6 is 11.8 Å². The number of carbonyl (C=O) groups excluding carboxylic acids is 3. The highest BCUT2D eigenvalue weighted by atomic mass is 32.2. The van der Waals surface area contributed by atoms with E-state index in [1.807, 2.05) is 0 Å². The number of anilines is 1. The van der Waals surface area contributed by atoms with Crippen LogP contribution in [0.5, 0.6) is 11.5 Å². The SMILES string of the molecule is CCOc1cc(C=N/N=C2/NC(=O)/C(=C\C(=O)OC)S2)ccc1OCC(=O)Nc1cccc(C(F)(F)F)c1. The Morgan fingerprint density at radius 1 is 1.13 bits per heavy atom. The van der Waals surface area contributed by atoms with E-state index in [2.05, 4.69) is 25.6 Å². The fourth-order valence-electron chi connectivity index (χ4n) is 2.90. The summed E-state index contributed by atoms with van der Waals surface area (Å²) in [7, 11) is 1.19. The summed E-state index contributed by atoms with van der Waals surface area (Å²) in [5.74, 6) is -1.32. The van der Waals surface area contributed by atoms with Crippen molar-refractivity contribution in [2.45, 2.75) is 13.1 Å². The first kappa shape index (κ1) is 28.2. The van der Waals surface area contributed by atoms with Crippen LogP contribution in [-0.4, -0.2) is 49.5 Å². The lowest BCUT2D eigenvalue weighted by molar-refractivity contribution is -0.137. The van der Waals surface area contributed by atoms with Crippen LogP contribution in [0, 0.1) is 0 Å². The van der Waals surface area contributed by atoms with Crippen molar-refractivity contribution in [1.82, 2.24) is 5.32 Å². The van der Waals surface area contributed by atoms with Crippen molar-refractivity contribution in [3.63, 3.8) is 0 Å². The topological polar surface area (TPSA) is 128 Å². The molecule has 0 saturated carbocycles. The van der Waals surface area contributed by atoms with E-state index in [1.54, 1.807) is 19.1 Å². The van der Waals surface area contributed by atoms with E-state index in [0.717, 1.165) is 30.0 Å². The molecule has 10 nitrogen and oxygen atoms in total. The van der Waals surface area contributed by atoms with Crippen molar-refractivity contribution < 1.29 is 41.8 Å². The van der Waals surface area contributed by atoms with Crippen molar-refractivity contribution >= 4 is 46.6 Å². The number of methoxy groups -OCH3 is 1. The quantitative estimate of drug-likeness (QED) is 0.211. The van der Waals surface area contributed by atoms with E-state index in [0.29, 0.717) is 11.3 Å². The summed E-state index contributed by atoms with van der Waals surface area (Å²) in [6.45, 7) is 1.56. The number of hydrogen-bond acceptors (Lipinski definition) is 9. The van der Waals surface area contributed by atoms with E-state index < -0.39 is 36.1 Å². The molecule has 2 aromatic carbocycles. The molecule has 1 heterocycles. The molecule has 2 N–H and O–H groups in total. The minimum atomic E-state index is -4.53. The van der Waals surface area contributed by atoms with Crippen LogP contribution in [0.2, 0.25) is 0 Å². The zero-order valence-corrected chi connectivity index (χ0v) is 20.8. The molecule has 0 unspecified atom stereocenters. The molecular weight excluding hydrogens is 529 g/mol. The number of nitrogens with zero attached hydrogens (tertiary/aromatic N) is 2. The van der Waals surface area contributed by atoms with Gasteiger partial charge in [-0.15, -0.1) is 5.10 Å². The fourth-order valence-corrected chi connectivity index (χ4v) is 3.63. The minimum Gasteiger partial charge on any atom is -0.490 e. The van der Waals surface area contributed by atoms with Crippen LogP contribution < -0.4 is 20.1 Å². The van der Waals surface area contributed by atoms with E-state index in [9.17, 15) is 27.6 Å². The molecule has 38 heavy (non-hydrogen) atoms. The average Bonchev–Trinajstić information content (AvgIpc) is 3.21. The second kappa shape index (κ2) is 12.8. The summed E-state index contributed by atoms with van der Waals surface area (Å²) < 4.78 is 54.1. The molecule has 1 saturated heterocycles. The molecule has 0 spiro atoms. The van der Waals surface area contributed by atoms with Gasteiger partial charge >= 0.3 is 12.1 Å². The highest BCUT2D eigenvalue weighted by molar-refractivity contribution is 8.18. The number of rotatable bonds is 9. The maximum atomic E-state index is 12.9. The van der Waals surface area contributed by atoms with Crippen molar-refractivity contribution in [1.29, 1.82) is 0 Å². The van der Waals surface area contributed by atoms with E-state index in [-0.39, 0.29) is 28.1 Å². The second-order valence-electron chi connectivity index (χ2n) is 7.29. The van der Waals surface area contributed by atoms with Crippen LogP contribution in [0.1, 0.15) is 18.1 Å². The zero-order valence-electron chi connectivity index (χ0n) is 20.0. The van der Waals surface area contributed by atoms with E-state index in [1.165, 1.54) is 31.5 Å². The van der Waals surface area contributed by atoms with Crippen molar-refractivity contribution in [3.05, 3.63) is 64.6 Å². The van der Waals surface area contributed by atoms with Crippen LogP contribution in [0.4, 0.5) is 18.9 Å². The number of carbonyl (C=O) groups is 3. The highest BCUT2D eigenvalue weighted by Gasteiger charge is 2.30.